The van der Waals surface area contributed by atoms with Crippen LogP contribution in [0.3, 0.4) is 0 Å². The number of nitrogens with zero attached hydrogens (tertiary/aromatic N) is 4. The maximum atomic E-state index is 13.5. The van der Waals surface area contributed by atoms with E-state index in [9.17, 15) is 25.0 Å². The fraction of sp³-hybridized carbons (Fsp3) is 0.383. The number of aromatic amines is 1. The van der Waals surface area contributed by atoms with Gasteiger partial charge in [0, 0.05) is 36.5 Å². The second-order valence-corrected chi connectivity index (χ2v) is 16.9. The van der Waals surface area contributed by atoms with Crippen molar-refractivity contribution >= 4 is 14.2 Å². The van der Waals surface area contributed by atoms with Crippen molar-refractivity contribution in [2.24, 2.45) is 0 Å². The smallest absolute Gasteiger partial charge is 0.330 e. The molecule has 1 aliphatic rings. The number of ether oxygens (including phenoxy) is 6. The number of aromatic nitrogens is 2. The Hall–Kier alpha value is -5.84. The molecule has 0 bridgehead atoms. The van der Waals surface area contributed by atoms with E-state index in [-0.39, 0.29) is 50.8 Å². The number of H-pyrrole nitrogens is 1. The largest absolute Gasteiger partial charge is 0.497 e. The van der Waals surface area contributed by atoms with E-state index in [2.05, 4.69) is 11.1 Å². The Labute approximate surface area is 383 Å². The molecule has 0 amide bonds. The number of benzene rings is 4. The van der Waals surface area contributed by atoms with Gasteiger partial charge in [-0.3, -0.25) is 24.5 Å². The number of nitriles is 1. The van der Waals surface area contributed by atoms with E-state index < -0.39 is 54.8 Å². The fourth-order valence-electron chi connectivity index (χ4n) is 7.62. The second-order valence-electron chi connectivity index (χ2n) is 15.6. The molecule has 1 saturated heterocycles. The molecular formula is C47H54N5O13P. The Morgan fingerprint density at radius 3 is 2.02 bits per heavy atom. The van der Waals surface area contributed by atoms with Crippen molar-refractivity contribution in [1.29, 1.82) is 5.26 Å². The molecule has 5 aromatic rings. The van der Waals surface area contributed by atoms with E-state index in [1.807, 2.05) is 111 Å². The van der Waals surface area contributed by atoms with Crippen LogP contribution in [0.25, 0.3) is 0 Å². The predicted octanol–water partition coefficient (Wildman–Crippen LogP) is 7.52. The molecule has 66 heavy (non-hydrogen) atoms. The summed E-state index contributed by atoms with van der Waals surface area (Å²) in [6, 6.07) is 33.7. The average molecular weight is 928 g/mol. The third-order valence-electron chi connectivity index (χ3n) is 10.7. The van der Waals surface area contributed by atoms with Gasteiger partial charge in [-0.1, -0.05) is 54.6 Å². The van der Waals surface area contributed by atoms with Gasteiger partial charge < -0.3 is 32.9 Å². The quantitative estimate of drug-likeness (QED) is 0.0121. The van der Waals surface area contributed by atoms with E-state index in [0.717, 1.165) is 16.7 Å². The Morgan fingerprint density at radius 1 is 0.864 bits per heavy atom. The Balaban J connectivity index is 1.43. The first-order valence-corrected chi connectivity index (χ1v) is 22.3. The number of non-ortho nitro benzene ring substituents is 1. The first-order valence-electron chi connectivity index (χ1n) is 21.2. The summed E-state index contributed by atoms with van der Waals surface area (Å²) in [4.78, 5) is 45.3. The van der Waals surface area contributed by atoms with Crippen LogP contribution in [0.5, 0.6) is 11.5 Å². The number of nitro benzene ring substituents is 1. The minimum Gasteiger partial charge on any atom is -0.497 e. The van der Waals surface area contributed by atoms with Crippen LogP contribution in [0.1, 0.15) is 62.6 Å². The normalized spacial score (nSPS) is 17.8. The Morgan fingerprint density at radius 2 is 1.47 bits per heavy atom. The van der Waals surface area contributed by atoms with Crippen molar-refractivity contribution in [2.45, 2.75) is 82.9 Å². The van der Waals surface area contributed by atoms with Gasteiger partial charge in [0.2, 0.25) is 0 Å². The van der Waals surface area contributed by atoms with Crippen LogP contribution in [0, 0.1) is 21.4 Å². The highest BCUT2D eigenvalue weighted by Gasteiger charge is 2.51. The minimum atomic E-state index is -1.96. The van der Waals surface area contributed by atoms with Crippen molar-refractivity contribution in [3.8, 4) is 17.6 Å². The van der Waals surface area contributed by atoms with Crippen LogP contribution >= 0.6 is 8.53 Å². The fourth-order valence-corrected chi connectivity index (χ4v) is 9.05. The lowest BCUT2D eigenvalue weighted by molar-refractivity contribution is -0.384. The Kier molecular flexibility index (Phi) is 17.7. The van der Waals surface area contributed by atoms with Crippen molar-refractivity contribution < 1.29 is 47.4 Å². The molecule has 0 aliphatic carbocycles. The highest BCUT2D eigenvalue weighted by molar-refractivity contribution is 7.44. The molecule has 0 saturated carbocycles. The van der Waals surface area contributed by atoms with Gasteiger partial charge in [-0.2, -0.15) is 9.94 Å². The first-order chi connectivity index (χ1) is 31.9. The third-order valence-corrected chi connectivity index (χ3v) is 12.6. The van der Waals surface area contributed by atoms with Crippen LogP contribution in [0.15, 0.2) is 125 Å². The zero-order chi connectivity index (χ0) is 47.2. The van der Waals surface area contributed by atoms with Gasteiger partial charge in [0.05, 0.1) is 51.5 Å². The minimum absolute atomic E-state index is 0.0164. The maximum absolute atomic E-state index is 13.5. The lowest BCUT2D eigenvalue weighted by Gasteiger charge is -2.37. The molecule has 19 heteroatoms. The third kappa shape index (κ3) is 11.9. The summed E-state index contributed by atoms with van der Waals surface area (Å²) in [5.74, 6) is 1.27. The number of rotatable bonds is 24. The molecule has 1 N–H and O–H groups in total. The molecule has 5 atom stereocenters. The predicted molar refractivity (Wildman–Crippen MR) is 242 cm³/mol. The number of nitrogens with one attached hydrogen (secondary N) is 1. The molecule has 6 rings (SSSR count). The van der Waals surface area contributed by atoms with E-state index in [4.69, 9.17) is 42.5 Å². The number of hydrogen-bond acceptors (Lipinski definition) is 15. The van der Waals surface area contributed by atoms with Gasteiger partial charge in [-0.15, -0.1) is 0 Å². The molecule has 1 unspecified atom stereocenters. The molecule has 1 fully saturated rings. The summed E-state index contributed by atoms with van der Waals surface area (Å²) >= 11 is 0. The van der Waals surface area contributed by atoms with Crippen molar-refractivity contribution in [3.05, 3.63) is 169 Å². The molecule has 1 aromatic heterocycles. The van der Waals surface area contributed by atoms with E-state index in [1.165, 1.54) is 29.0 Å². The monoisotopic (exact) mass is 927 g/mol. The number of nitro groups is 1. The van der Waals surface area contributed by atoms with Crippen LogP contribution < -0.4 is 20.7 Å². The molecule has 2 heterocycles. The first kappa shape index (κ1) is 49.6. The van der Waals surface area contributed by atoms with Gasteiger partial charge in [-0.05, 0) is 86.3 Å². The molecule has 0 spiro atoms. The van der Waals surface area contributed by atoms with Crippen LogP contribution in [-0.2, 0) is 45.2 Å². The molecular weight excluding hydrogens is 874 g/mol. The average Bonchev–Trinajstić information content (AvgIpc) is 3.66. The SMILES string of the molecule is COc1ccc(C(OC[C@H]2O[C@@H](n3ccc(=O)[nH]c3=O)[C@H](OCOCc3ccc([N+](=O)[O-])cc3)[C@@H]2OOP(OCCC#N)N(C(C)C)C(C)C)(c2ccccc2)c2ccc(OC)cc2)cc1. The number of hydrogen-bond donors (Lipinski definition) is 1. The topological polar surface area (TPSA) is 208 Å². The lowest BCUT2D eigenvalue weighted by Crippen LogP contribution is -2.43. The zero-order valence-corrected chi connectivity index (χ0v) is 38.4. The second kappa shape index (κ2) is 23.6. The van der Waals surface area contributed by atoms with Gasteiger partial charge in [-0.25, -0.2) is 14.4 Å². The molecule has 4 aromatic carbocycles. The highest BCUT2D eigenvalue weighted by Crippen LogP contribution is 2.48. The van der Waals surface area contributed by atoms with Crippen LogP contribution in [-0.4, -0.2) is 83.8 Å². The van der Waals surface area contributed by atoms with Crippen molar-refractivity contribution in [1.82, 2.24) is 14.2 Å². The van der Waals surface area contributed by atoms with Crippen molar-refractivity contribution in [3.63, 3.8) is 0 Å². The summed E-state index contributed by atoms with van der Waals surface area (Å²) in [7, 11) is 1.21. The molecule has 350 valence electrons. The van der Waals surface area contributed by atoms with Gasteiger partial charge in [0.25, 0.3) is 19.8 Å². The maximum Gasteiger partial charge on any atom is 0.330 e. The standard InChI is InChI=1S/C47H54N5O13P/c1-32(2)51(33(3)4)66(62-28-10-26-48)65-64-43-41(63-45(50-27-25-42(53)49-46(50)54)44(43)60-31-59-29-34-13-19-38(20-14-34)52(55)56)30-61-47(35-11-8-7-9-12-35,36-15-21-39(57-5)22-16-36)37-17-23-40(58-6)24-18-37/h7-9,11-25,27,32-33,41,43-45H,10,28-31H2,1-6H3,(H,49,53,54)/t41-,43-,44-,45-,66?/m1/s1. The summed E-state index contributed by atoms with van der Waals surface area (Å²) in [6.45, 7) is 7.44. The summed E-state index contributed by atoms with van der Waals surface area (Å²) < 4.78 is 53.0. The van der Waals surface area contributed by atoms with E-state index in [1.54, 1.807) is 26.4 Å². The molecule has 0 radical (unpaired) electrons. The number of methoxy groups -OCH3 is 2. The summed E-state index contributed by atoms with van der Waals surface area (Å²) in [5.41, 5.74) is 0.121. The molecule has 18 nitrogen and oxygen atoms in total. The van der Waals surface area contributed by atoms with Crippen molar-refractivity contribution in [2.75, 3.05) is 34.2 Å². The summed E-state index contributed by atoms with van der Waals surface area (Å²) in [6.07, 6.45) is -3.26. The lowest BCUT2D eigenvalue weighted by atomic mass is 9.80. The van der Waals surface area contributed by atoms with Crippen LogP contribution in [0.4, 0.5) is 5.69 Å². The van der Waals surface area contributed by atoms with E-state index in [0.29, 0.717) is 17.1 Å². The van der Waals surface area contributed by atoms with Crippen LogP contribution in [0.2, 0.25) is 0 Å². The Bertz CT molecular complexity index is 2410. The van der Waals surface area contributed by atoms with Gasteiger partial charge in [0.1, 0.15) is 36.1 Å². The van der Waals surface area contributed by atoms with Gasteiger partial charge >= 0.3 is 5.69 Å². The summed E-state index contributed by atoms with van der Waals surface area (Å²) in [5, 5.41) is 20.6. The van der Waals surface area contributed by atoms with E-state index >= 15 is 0 Å². The zero-order valence-electron chi connectivity index (χ0n) is 37.5. The molecule has 1 aliphatic heterocycles. The van der Waals surface area contributed by atoms with Gasteiger partial charge in [0.15, 0.2) is 12.3 Å². The highest BCUT2D eigenvalue weighted by atomic mass is 31.2.